The van der Waals surface area contributed by atoms with Gasteiger partial charge in [0.1, 0.15) is 16.4 Å². The van der Waals surface area contributed by atoms with Crippen molar-refractivity contribution in [2.75, 3.05) is 11.9 Å². The Balaban J connectivity index is 1.99. The first-order chi connectivity index (χ1) is 14.3. The molecule has 6 nitrogen and oxygen atoms in total. The molecule has 1 aliphatic carbocycles. The molecule has 1 fully saturated rings. The summed E-state index contributed by atoms with van der Waals surface area (Å²) in [5.41, 5.74) is 1.42. The van der Waals surface area contributed by atoms with E-state index in [1.165, 1.54) is 23.5 Å². The summed E-state index contributed by atoms with van der Waals surface area (Å²) in [6.45, 7) is 3.66. The molecule has 1 heterocycles. The van der Waals surface area contributed by atoms with Crippen LogP contribution in [0.2, 0.25) is 0 Å². The van der Waals surface area contributed by atoms with Gasteiger partial charge in [0.15, 0.2) is 0 Å². The lowest BCUT2D eigenvalue weighted by Crippen LogP contribution is -2.36. The molecule has 1 aliphatic rings. The van der Waals surface area contributed by atoms with Gasteiger partial charge in [0.05, 0.1) is 18.4 Å². The summed E-state index contributed by atoms with van der Waals surface area (Å²) >= 11 is 1.22. The number of aliphatic carboxylic acids is 1. The minimum Gasteiger partial charge on any atom is -0.481 e. The van der Waals surface area contributed by atoms with E-state index in [0.717, 1.165) is 17.7 Å². The van der Waals surface area contributed by atoms with Crippen molar-refractivity contribution in [3.05, 3.63) is 40.5 Å². The third kappa shape index (κ3) is 4.53. The number of carboxylic acid groups (broad SMARTS) is 1. The van der Waals surface area contributed by atoms with E-state index in [1.54, 1.807) is 19.1 Å². The molecule has 160 valence electrons. The van der Waals surface area contributed by atoms with Crippen LogP contribution in [0.15, 0.2) is 24.3 Å². The van der Waals surface area contributed by atoms with Crippen LogP contribution in [0.1, 0.15) is 47.8 Å². The third-order valence-electron chi connectivity index (χ3n) is 5.35. The van der Waals surface area contributed by atoms with Crippen molar-refractivity contribution in [2.45, 2.75) is 39.5 Å². The molecule has 0 unspecified atom stereocenters. The van der Waals surface area contributed by atoms with Gasteiger partial charge < -0.3 is 15.2 Å². The van der Waals surface area contributed by atoms with Gasteiger partial charge in [-0.1, -0.05) is 25.0 Å². The number of anilines is 1. The summed E-state index contributed by atoms with van der Waals surface area (Å²) in [6, 6.07) is 5.75. The number of carbonyl (C=O) groups is 3. The fraction of sp³-hybridized carbons (Fsp3) is 0.409. The van der Waals surface area contributed by atoms with E-state index in [9.17, 15) is 23.9 Å². The van der Waals surface area contributed by atoms with Crippen LogP contribution in [0, 0.1) is 24.6 Å². The van der Waals surface area contributed by atoms with Crippen molar-refractivity contribution < 1.29 is 28.6 Å². The molecule has 0 aliphatic heterocycles. The van der Waals surface area contributed by atoms with Crippen LogP contribution in [0.3, 0.4) is 0 Å². The number of thiophene rings is 1. The molecule has 3 rings (SSSR count). The number of carboxylic acids is 1. The zero-order chi connectivity index (χ0) is 21.8. The van der Waals surface area contributed by atoms with E-state index in [2.05, 4.69) is 5.32 Å². The van der Waals surface area contributed by atoms with Crippen LogP contribution < -0.4 is 5.32 Å². The first-order valence-electron chi connectivity index (χ1n) is 9.93. The molecule has 1 saturated carbocycles. The quantitative estimate of drug-likeness (QED) is 0.634. The van der Waals surface area contributed by atoms with Crippen LogP contribution in [0.25, 0.3) is 11.1 Å². The summed E-state index contributed by atoms with van der Waals surface area (Å²) < 4.78 is 18.6. The molecule has 1 aromatic carbocycles. The number of nitrogens with one attached hydrogen (secondary N) is 1. The summed E-state index contributed by atoms with van der Waals surface area (Å²) in [6.07, 6.45) is 2.52. The number of ether oxygens (including phenoxy) is 1. The second kappa shape index (κ2) is 9.38. The van der Waals surface area contributed by atoms with E-state index in [-0.39, 0.29) is 12.2 Å². The predicted octanol–water partition coefficient (Wildman–Crippen LogP) is 4.87. The van der Waals surface area contributed by atoms with Crippen molar-refractivity contribution in [3.63, 3.8) is 0 Å². The summed E-state index contributed by atoms with van der Waals surface area (Å²) in [7, 11) is 0. The lowest BCUT2D eigenvalue weighted by atomic mass is 9.78. The molecule has 0 saturated heterocycles. The number of esters is 1. The molecular weight excluding hydrogens is 409 g/mol. The number of benzene rings is 1. The summed E-state index contributed by atoms with van der Waals surface area (Å²) in [5.74, 6) is -3.75. The Morgan fingerprint density at radius 2 is 1.80 bits per heavy atom. The van der Waals surface area contributed by atoms with Gasteiger partial charge in [-0.25, -0.2) is 9.18 Å². The summed E-state index contributed by atoms with van der Waals surface area (Å²) in [4.78, 5) is 38.0. The van der Waals surface area contributed by atoms with Gasteiger partial charge in [-0.15, -0.1) is 11.3 Å². The van der Waals surface area contributed by atoms with Crippen molar-refractivity contribution >= 4 is 34.2 Å². The fourth-order valence-electron chi connectivity index (χ4n) is 3.94. The molecule has 2 aromatic rings. The zero-order valence-electron chi connectivity index (χ0n) is 16.9. The van der Waals surface area contributed by atoms with Crippen LogP contribution >= 0.6 is 11.3 Å². The Hall–Kier alpha value is -2.74. The molecule has 1 amide bonds. The van der Waals surface area contributed by atoms with Gasteiger partial charge >= 0.3 is 11.9 Å². The molecule has 2 atom stereocenters. The smallest absolute Gasteiger partial charge is 0.341 e. The maximum atomic E-state index is 13.4. The Kier molecular flexibility index (Phi) is 6.87. The molecule has 0 bridgehead atoms. The highest BCUT2D eigenvalue weighted by Gasteiger charge is 2.37. The normalized spacial score (nSPS) is 18.6. The van der Waals surface area contributed by atoms with E-state index < -0.39 is 35.5 Å². The average Bonchev–Trinajstić information content (AvgIpc) is 3.04. The second-order valence-electron chi connectivity index (χ2n) is 7.29. The third-order valence-corrected chi connectivity index (χ3v) is 6.37. The Morgan fingerprint density at radius 1 is 1.17 bits per heavy atom. The predicted molar refractivity (Wildman–Crippen MR) is 112 cm³/mol. The van der Waals surface area contributed by atoms with Gasteiger partial charge in [0.25, 0.3) is 0 Å². The standard InChI is InChI=1S/C22H24FNO5S/c1-3-29-22(28)18-17(13-8-10-14(23)11-9-13)12(2)30-20(18)24-19(25)15-6-4-5-7-16(15)21(26)27/h8-11,15-16H,3-7H2,1-2H3,(H,24,25)(H,26,27)/t15-,16-/m1/s1. The Bertz CT molecular complexity index is 953. The fourth-order valence-corrected chi connectivity index (χ4v) is 5.01. The lowest BCUT2D eigenvalue weighted by molar-refractivity contribution is -0.147. The van der Waals surface area contributed by atoms with Crippen molar-refractivity contribution in [3.8, 4) is 11.1 Å². The van der Waals surface area contributed by atoms with E-state index >= 15 is 0 Å². The number of hydrogen-bond acceptors (Lipinski definition) is 5. The molecular formula is C22H24FNO5S. The highest BCUT2D eigenvalue weighted by molar-refractivity contribution is 7.17. The van der Waals surface area contributed by atoms with Gasteiger partial charge in [-0.2, -0.15) is 0 Å². The minimum absolute atomic E-state index is 0.160. The molecule has 2 N–H and O–H groups in total. The van der Waals surface area contributed by atoms with Gasteiger partial charge in [0.2, 0.25) is 5.91 Å². The van der Waals surface area contributed by atoms with Crippen LogP contribution in [-0.2, 0) is 14.3 Å². The topological polar surface area (TPSA) is 92.7 Å². The zero-order valence-corrected chi connectivity index (χ0v) is 17.7. The molecule has 8 heteroatoms. The largest absolute Gasteiger partial charge is 0.481 e. The first kappa shape index (κ1) is 22.0. The number of rotatable bonds is 6. The monoisotopic (exact) mass is 433 g/mol. The van der Waals surface area contributed by atoms with Crippen LogP contribution in [-0.4, -0.2) is 29.6 Å². The molecule has 0 radical (unpaired) electrons. The highest BCUT2D eigenvalue weighted by atomic mass is 32.1. The number of halogens is 1. The van der Waals surface area contributed by atoms with Crippen molar-refractivity contribution in [1.29, 1.82) is 0 Å². The number of carbonyl (C=O) groups excluding carboxylic acids is 2. The van der Waals surface area contributed by atoms with Gasteiger partial charge in [-0.05, 0) is 44.4 Å². The minimum atomic E-state index is -0.977. The number of amides is 1. The van der Waals surface area contributed by atoms with E-state index in [4.69, 9.17) is 4.74 Å². The first-order valence-corrected chi connectivity index (χ1v) is 10.7. The Morgan fingerprint density at radius 3 is 2.40 bits per heavy atom. The van der Waals surface area contributed by atoms with E-state index in [0.29, 0.717) is 29.0 Å². The average molecular weight is 434 g/mol. The summed E-state index contributed by atoms with van der Waals surface area (Å²) in [5, 5.41) is 12.6. The van der Waals surface area contributed by atoms with Crippen LogP contribution in [0.5, 0.6) is 0 Å². The van der Waals surface area contributed by atoms with Crippen molar-refractivity contribution in [2.24, 2.45) is 11.8 Å². The lowest BCUT2D eigenvalue weighted by Gasteiger charge is -2.27. The van der Waals surface area contributed by atoms with Gasteiger partial charge in [-0.3, -0.25) is 9.59 Å². The maximum Gasteiger partial charge on any atom is 0.341 e. The molecule has 1 aromatic heterocycles. The number of aryl methyl sites for hydroxylation is 1. The number of hydrogen-bond donors (Lipinski definition) is 2. The maximum absolute atomic E-state index is 13.4. The SMILES string of the molecule is CCOC(=O)c1c(NC(=O)[C@@H]2CCCC[C@H]2C(=O)O)sc(C)c1-c1ccc(F)cc1. The highest BCUT2D eigenvalue weighted by Crippen LogP contribution is 2.41. The Labute approximate surface area is 178 Å². The molecule has 0 spiro atoms. The van der Waals surface area contributed by atoms with Crippen molar-refractivity contribution in [1.82, 2.24) is 0 Å². The van der Waals surface area contributed by atoms with Gasteiger partial charge in [0, 0.05) is 10.4 Å². The second-order valence-corrected chi connectivity index (χ2v) is 8.51. The molecule has 30 heavy (non-hydrogen) atoms. The van der Waals surface area contributed by atoms with E-state index in [1.807, 2.05) is 6.92 Å². The van der Waals surface area contributed by atoms with Crippen LogP contribution in [0.4, 0.5) is 9.39 Å².